The third kappa shape index (κ3) is 3.71. The van der Waals surface area contributed by atoms with Gasteiger partial charge in [-0.05, 0) is 25.2 Å². The fraction of sp³-hybridized carbons (Fsp3) is 0.600. The van der Waals surface area contributed by atoms with E-state index in [9.17, 15) is 4.79 Å². The molecule has 1 aliphatic carbocycles. The van der Waals surface area contributed by atoms with Crippen molar-refractivity contribution in [1.82, 2.24) is 20.2 Å². The molecule has 0 spiro atoms. The van der Waals surface area contributed by atoms with Gasteiger partial charge in [0, 0.05) is 17.7 Å². The number of thiazole rings is 1. The number of aromatic amines is 1. The number of H-pyrrole nitrogens is 1. The van der Waals surface area contributed by atoms with Gasteiger partial charge in [0.05, 0.1) is 5.69 Å². The van der Waals surface area contributed by atoms with Crippen LogP contribution in [0.3, 0.4) is 0 Å². The summed E-state index contributed by atoms with van der Waals surface area (Å²) in [5.41, 5.74) is 1.18. The van der Waals surface area contributed by atoms with Gasteiger partial charge in [-0.15, -0.1) is 11.3 Å². The Kier molecular flexibility index (Phi) is 4.82. The number of hydrogen-bond donors (Lipinski definition) is 2. The summed E-state index contributed by atoms with van der Waals surface area (Å²) in [4.78, 5) is 21.9. The van der Waals surface area contributed by atoms with Crippen molar-refractivity contribution in [3.8, 4) is 0 Å². The molecule has 2 aromatic rings. The van der Waals surface area contributed by atoms with E-state index < -0.39 is 0 Å². The number of nitrogens with one attached hydrogen (secondary N) is 2. The van der Waals surface area contributed by atoms with E-state index in [1.807, 2.05) is 0 Å². The van der Waals surface area contributed by atoms with Crippen LogP contribution in [0, 0.1) is 5.92 Å². The molecule has 7 heteroatoms. The van der Waals surface area contributed by atoms with E-state index in [4.69, 9.17) is 0 Å². The van der Waals surface area contributed by atoms with Crippen LogP contribution < -0.4 is 5.32 Å². The molecule has 22 heavy (non-hydrogen) atoms. The fourth-order valence-electron chi connectivity index (χ4n) is 2.92. The highest BCUT2D eigenvalue weighted by Gasteiger charge is 2.22. The number of nitrogens with zero attached hydrogens (tertiary/aromatic N) is 3. The summed E-state index contributed by atoms with van der Waals surface area (Å²) in [6.07, 6.45) is 8.32. The molecule has 1 aliphatic rings. The smallest absolute Gasteiger partial charge is 0.226 e. The van der Waals surface area contributed by atoms with Crippen molar-refractivity contribution in [2.45, 2.75) is 51.9 Å². The van der Waals surface area contributed by atoms with E-state index >= 15 is 0 Å². The van der Waals surface area contributed by atoms with Crippen LogP contribution in [0.2, 0.25) is 0 Å². The summed E-state index contributed by atoms with van der Waals surface area (Å²) in [7, 11) is 0. The molecule has 0 saturated heterocycles. The van der Waals surface area contributed by atoms with Crippen molar-refractivity contribution in [2.75, 3.05) is 5.32 Å². The predicted molar refractivity (Wildman–Crippen MR) is 85.9 cm³/mol. The van der Waals surface area contributed by atoms with Gasteiger partial charge in [-0.25, -0.2) is 9.97 Å². The summed E-state index contributed by atoms with van der Waals surface area (Å²) >= 11 is 1.64. The van der Waals surface area contributed by atoms with Gasteiger partial charge < -0.3 is 5.32 Å². The van der Waals surface area contributed by atoms with Crippen molar-refractivity contribution in [3.05, 3.63) is 22.7 Å². The maximum Gasteiger partial charge on any atom is 0.226 e. The number of fused-ring (bicyclic) bond motifs is 1. The molecule has 0 radical (unpaired) electrons. The third-order valence-corrected chi connectivity index (χ3v) is 5.07. The number of aromatic nitrogens is 4. The molecule has 1 amide bonds. The molecule has 118 valence electrons. The minimum atomic E-state index is -0.0207. The summed E-state index contributed by atoms with van der Waals surface area (Å²) in [6, 6.07) is 0. The lowest BCUT2D eigenvalue weighted by molar-refractivity contribution is -0.116. The fourth-order valence-corrected chi connectivity index (χ4v) is 4.05. The van der Waals surface area contributed by atoms with Gasteiger partial charge in [0.2, 0.25) is 5.91 Å². The Morgan fingerprint density at radius 1 is 1.55 bits per heavy atom. The zero-order valence-electron chi connectivity index (χ0n) is 12.8. The van der Waals surface area contributed by atoms with Crippen LogP contribution in [0.1, 0.15) is 49.0 Å². The minimum Gasteiger partial charge on any atom is -0.302 e. The lowest BCUT2D eigenvalue weighted by atomic mass is 9.88. The predicted octanol–water partition coefficient (Wildman–Crippen LogP) is 2.74. The lowest BCUT2D eigenvalue weighted by Crippen LogP contribution is -2.13. The molecule has 0 bridgehead atoms. The standard InChI is InChI=1S/C15H21N5OS/c1-2-3-10-4-5-11-12(8-10)22-15(18-11)19-14(21)7-6-13-16-9-17-20-13/h9-10H,2-8H2,1H3,(H,16,17,20)(H,18,19,21). The number of carbonyl (C=O) groups is 1. The summed E-state index contributed by atoms with van der Waals surface area (Å²) in [5, 5.41) is 10.2. The van der Waals surface area contributed by atoms with Crippen LogP contribution in [-0.4, -0.2) is 26.1 Å². The Hall–Kier alpha value is -1.76. The quantitative estimate of drug-likeness (QED) is 0.857. The Bertz CT molecular complexity index is 622. The van der Waals surface area contributed by atoms with Crippen molar-refractivity contribution in [1.29, 1.82) is 0 Å². The number of hydrogen-bond acceptors (Lipinski definition) is 5. The molecule has 0 fully saturated rings. The molecule has 1 unspecified atom stereocenters. The first kappa shape index (κ1) is 15.1. The molecular formula is C15H21N5OS. The minimum absolute atomic E-state index is 0.0207. The van der Waals surface area contributed by atoms with Crippen LogP contribution in [0.4, 0.5) is 5.13 Å². The number of carbonyl (C=O) groups excluding carboxylic acids is 1. The average Bonchev–Trinajstić information content (AvgIpc) is 3.13. The number of rotatable bonds is 6. The number of aryl methyl sites for hydroxylation is 2. The Morgan fingerprint density at radius 3 is 3.23 bits per heavy atom. The van der Waals surface area contributed by atoms with Crippen molar-refractivity contribution in [2.24, 2.45) is 5.92 Å². The lowest BCUT2D eigenvalue weighted by Gasteiger charge is -2.19. The third-order valence-electron chi connectivity index (χ3n) is 4.04. The zero-order chi connectivity index (χ0) is 15.4. The van der Waals surface area contributed by atoms with Crippen LogP contribution in [0.15, 0.2) is 6.33 Å². The average molecular weight is 319 g/mol. The molecule has 2 heterocycles. The van der Waals surface area contributed by atoms with Gasteiger partial charge >= 0.3 is 0 Å². The molecule has 6 nitrogen and oxygen atoms in total. The highest BCUT2D eigenvalue weighted by atomic mass is 32.1. The maximum atomic E-state index is 12.0. The van der Waals surface area contributed by atoms with Crippen molar-refractivity contribution >= 4 is 22.4 Å². The normalized spacial score (nSPS) is 17.2. The second-order valence-corrected chi connectivity index (χ2v) is 6.85. The van der Waals surface area contributed by atoms with Gasteiger partial charge in [0.1, 0.15) is 12.2 Å². The first-order valence-electron chi connectivity index (χ1n) is 7.87. The zero-order valence-corrected chi connectivity index (χ0v) is 13.6. The van der Waals surface area contributed by atoms with Crippen LogP contribution in [0.5, 0.6) is 0 Å². The van der Waals surface area contributed by atoms with E-state index in [0.717, 1.165) is 29.7 Å². The van der Waals surface area contributed by atoms with Crippen LogP contribution >= 0.6 is 11.3 Å². The molecule has 0 aliphatic heterocycles. The molecule has 0 aromatic carbocycles. The van der Waals surface area contributed by atoms with E-state index in [1.54, 1.807) is 11.3 Å². The topological polar surface area (TPSA) is 83.6 Å². The molecule has 0 saturated carbocycles. The van der Waals surface area contributed by atoms with Crippen LogP contribution in [-0.2, 0) is 24.1 Å². The van der Waals surface area contributed by atoms with Gasteiger partial charge in [-0.3, -0.25) is 9.89 Å². The molecule has 1 atom stereocenters. The Balaban J connectivity index is 1.54. The highest BCUT2D eigenvalue weighted by Crippen LogP contribution is 2.34. The molecule has 3 rings (SSSR count). The van der Waals surface area contributed by atoms with Gasteiger partial charge in [-0.1, -0.05) is 19.8 Å². The monoisotopic (exact) mass is 319 g/mol. The summed E-state index contributed by atoms with van der Waals surface area (Å²) in [5.74, 6) is 1.50. The van der Waals surface area contributed by atoms with Crippen LogP contribution in [0.25, 0.3) is 0 Å². The second kappa shape index (κ2) is 7.00. The van der Waals surface area contributed by atoms with Crippen molar-refractivity contribution in [3.63, 3.8) is 0 Å². The van der Waals surface area contributed by atoms with Crippen molar-refractivity contribution < 1.29 is 4.79 Å². The largest absolute Gasteiger partial charge is 0.302 e. The van der Waals surface area contributed by atoms with E-state index in [-0.39, 0.29) is 5.91 Å². The number of anilines is 1. The molecule has 2 N–H and O–H groups in total. The highest BCUT2D eigenvalue weighted by molar-refractivity contribution is 7.15. The van der Waals surface area contributed by atoms with E-state index in [2.05, 4.69) is 32.4 Å². The Morgan fingerprint density at radius 2 is 2.45 bits per heavy atom. The Labute approximate surface area is 133 Å². The summed E-state index contributed by atoms with van der Waals surface area (Å²) in [6.45, 7) is 2.24. The molecule has 2 aromatic heterocycles. The number of amides is 1. The van der Waals surface area contributed by atoms with E-state index in [0.29, 0.717) is 12.8 Å². The van der Waals surface area contributed by atoms with E-state index in [1.165, 1.54) is 36.2 Å². The van der Waals surface area contributed by atoms with Gasteiger partial charge in [0.15, 0.2) is 5.13 Å². The second-order valence-electron chi connectivity index (χ2n) is 5.77. The first-order valence-corrected chi connectivity index (χ1v) is 8.69. The maximum absolute atomic E-state index is 12.0. The van der Waals surface area contributed by atoms with Gasteiger partial charge in [0.25, 0.3) is 0 Å². The summed E-state index contributed by atoms with van der Waals surface area (Å²) < 4.78 is 0. The molecular weight excluding hydrogens is 298 g/mol. The SMILES string of the molecule is CCCC1CCc2nc(NC(=O)CCc3ncn[nH]3)sc2C1. The van der Waals surface area contributed by atoms with Gasteiger partial charge in [-0.2, -0.15) is 5.10 Å². The first-order chi connectivity index (χ1) is 10.7.